The van der Waals surface area contributed by atoms with Crippen molar-refractivity contribution in [3.05, 3.63) is 59.8 Å². The van der Waals surface area contributed by atoms with E-state index in [1.807, 2.05) is 53.7 Å². The van der Waals surface area contributed by atoms with E-state index in [1.54, 1.807) is 50.2 Å². The van der Waals surface area contributed by atoms with E-state index < -0.39 is 29.2 Å². The first-order chi connectivity index (χ1) is 20.4. The van der Waals surface area contributed by atoms with Crippen molar-refractivity contribution >= 4 is 40.9 Å². The number of rotatable bonds is 9. The van der Waals surface area contributed by atoms with Gasteiger partial charge in [-0.1, -0.05) is 39.0 Å². The van der Waals surface area contributed by atoms with Gasteiger partial charge in [0.25, 0.3) is 5.88 Å². The fourth-order valence-electron chi connectivity index (χ4n) is 4.55. The molecule has 11 heteroatoms. The molecule has 3 aromatic rings. The van der Waals surface area contributed by atoms with Crippen molar-refractivity contribution in [2.24, 2.45) is 0 Å². The second-order valence-electron chi connectivity index (χ2n) is 10.6. The average Bonchev–Trinajstić information content (AvgIpc) is 3.34. The van der Waals surface area contributed by atoms with E-state index in [0.29, 0.717) is 22.6 Å². The van der Waals surface area contributed by atoms with E-state index in [-0.39, 0.29) is 24.8 Å². The minimum absolute atomic E-state index is 0.0192. The number of hydrogen-bond acceptors (Lipinski definition) is 9. The molecule has 0 aliphatic rings. The van der Waals surface area contributed by atoms with Crippen LogP contribution in [0.3, 0.4) is 0 Å². The molecule has 0 aliphatic carbocycles. The number of carbonyl (C=O) groups excluding carboxylic acids is 4. The topological polar surface area (TPSA) is 120 Å². The molecule has 11 nitrogen and oxygen atoms in total. The summed E-state index contributed by atoms with van der Waals surface area (Å²) < 4.78 is 17.0. The van der Waals surface area contributed by atoms with Gasteiger partial charge in [-0.05, 0) is 70.5 Å². The number of ether oxygens (including phenoxy) is 3. The molecule has 0 fully saturated rings. The lowest BCUT2D eigenvalue weighted by Crippen LogP contribution is -2.36. The van der Waals surface area contributed by atoms with E-state index in [0.717, 1.165) is 23.7 Å². The highest BCUT2D eigenvalue weighted by atomic mass is 16.6. The van der Waals surface area contributed by atoms with E-state index in [9.17, 15) is 19.2 Å². The third-order valence-corrected chi connectivity index (χ3v) is 6.59. The van der Waals surface area contributed by atoms with Gasteiger partial charge in [0.05, 0.1) is 30.3 Å². The Labute approximate surface area is 252 Å². The lowest BCUT2D eigenvalue weighted by molar-refractivity contribution is -0.162. The van der Waals surface area contributed by atoms with Gasteiger partial charge in [0, 0.05) is 24.2 Å². The first-order valence-corrected chi connectivity index (χ1v) is 14.3. The number of benzene rings is 2. The Morgan fingerprint density at radius 1 is 0.837 bits per heavy atom. The summed E-state index contributed by atoms with van der Waals surface area (Å²) in [5, 5.41) is 4.78. The summed E-state index contributed by atoms with van der Waals surface area (Å²) in [6.07, 6.45) is 0. The van der Waals surface area contributed by atoms with Crippen molar-refractivity contribution in [1.82, 2.24) is 9.78 Å². The second-order valence-corrected chi connectivity index (χ2v) is 10.6. The number of hydrogen-bond donors (Lipinski definition) is 0. The molecule has 0 aliphatic heterocycles. The smallest absolute Gasteiger partial charge is 0.424 e. The number of aryl methyl sites for hydroxylation is 1. The van der Waals surface area contributed by atoms with Crippen LogP contribution in [0.25, 0.3) is 5.69 Å². The molecule has 0 radical (unpaired) electrons. The summed E-state index contributed by atoms with van der Waals surface area (Å²) in [5.41, 5.74) is 2.04. The van der Waals surface area contributed by atoms with Gasteiger partial charge in [-0.15, -0.1) is 0 Å². The summed E-state index contributed by atoms with van der Waals surface area (Å²) >= 11 is 0. The summed E-state index contributed by atoms with van der Waals surface area (Å²) in [5.74, 6) is -4.89. The molecular weight excluding hydrogens is 552 g/mol. The minimum atomic E-state index is -1.31. The maximum Gasteiger partial charge on any atom is 0.424 e. The zero-order valence-corrected chi connectivity index (χ0v) is 26.1. The minimum Gasteiger partial charge on any atom is -0.459 e. The van der Waals surface area contributed by atoms with Gasteiger partial charge in [0.15, 0.2) is 0 Å². The van der Waals surface area contributed by atoms with Crippen LogP contribution in [0.15, 0.2) is 48.5 Å². The summed E-state index contributed by atoms with van der Waals surface area (Å²) in [6, 6.07) is 14.3. The van der Waals surface area contributed by atoms with Crippen molar-refractivity contribution < 1.29 is 33.4 Å². The average molecular weight is 593 g/mol. The summed E-state index contributed by atoms with van der Waals surface area (Å²) in [4.78, 5) is 55.7. The van der Waals surface area contributed by atoms with Crippen molar-refractivity contribution in [1.29, 1.82) is 0 Å². The standard InChI is InChI=1S/C32H40N4O7/c1-9-34(10-2)23-18-19-24(21(5)20-23)35(27(37)29(38)41-11-3)25-26(32(6,7)8)33-36(22-16-14-13-15-17-22)28(25)43-31(40)30(39)42-12-4/h13-20H,9-12H2,1-8H3. The van der Waals surface area contributed by atoms with E-state index >= 15 is 0 Å². The van der Waals surface area contributed by atoms with Crippen molar-refractivity contribution in [2.45, 2.75) is 60.8 Å². The fraction of sp³-hybridized carbons (Fsp3) is 0.406. The molecule has 0 N–H and O–H groups in total. The Hall–Kier alpha value is -4.67. The van der Waals surface area contributed by atoms with Crippen LogP contribution in [-0.4, -0.2) is 59.9 Å². The van der Waals surface area contributed by atoms with Crippen molar-refractivity contribution in [2.75, 3.05) is 36.1 Å². The number of amides is 1. The second kappa shape index (κ2) is 14.0. The Morgan fingerprint density at radius 2 is 1.44 bits per heavy atom. The predicted octanol–water partition coefficient (Wildman–Crippen LogP) is 5.02. The normalized spacial score (nSPS) is 11.1. The molecule has 0 unspecified atom stereocenters. The number of anilines is 3. The van der Waals surface area contributed by atoms with Crippen molar-refractivity contribution in [3.8, 4) is 11.6 Å². The van der Waals surface area contributed by atoms with Crippen LogP contribution in [0.2, 0.25) is 0 Å². The molecule has 43 heavy (non-hydrogen) atoms. The van der Waals surface area contributed by atoms with Gasteiger partial charge in [-0.25, -0.2) is 14.4 Å². The summed E-state index contributed by atoms with van der Waals surface area (Å²) in [7, 11) is 0. The first kappa shape index (κ1) is 32.8. The van der Waals surface area contributed by atoms with Gasteiger partial charge in [-0.2, -0.15) is 9.78 Å². The summed E-state index contributed by atoms with van der Waals surface area (Å²) in [6.45, 7) is 16.1. The van der Waals surface area contributed by atoms with Crippen LogP contribution in [0, 0.1) is 6.92 Å². The van der Waals surface area contributed by atoms with Crippen LogP contribution in [0.5, 0.6) is 5.88 Å². The molecule has 0 saturated heterocycles. The van der Waals surface area contributed by atoms with E-state index in [4.69, 9.17) is 19.3 Å². The molecular formula is C32H40N4O7. The van der Waals surface area contributed by atoms with Crippen LogP contribution < -0.4 is 14.5 Å². The lowest BCUT2D eigenvalue weighted by Gasteiger charge is -2.28. The molecule has 230 valence electrons. The van der Waals surface area contributed by atoms with Crippen LogP contribution in [0.4, 0.5) is 17.1 Å². The van der Waals surface area contributed by atoms with Crippen LogP contribution in [-0.2, 0) is 34.1 Å². The van der Waals surface area contributed by atoms with Gasteiger partial charge >= 0.3 is 23.8 Å². The van der Waals surface area contributed by atoms with Gasteiger partial charge in [0.1, 0.15) is 5.69 Å². The number of nitrogens with zero attached hydrogens (tertiary/aromatic N) is 4. The Morgan fingerprint density at radius 3 is 1.98 bits per heavy atom. The molecule has 0 bridgehead atoms. The largest absolute Gasteiger partial charge is 0.459 e. The zero-order chi connectivity index (χ0) is 31.9. The maximum atomic E-state index is 14.0. The molecule has 2 aromatic carbocycles. The Kier molecular flexibility index (Phi) is 10.7. The quantitative estimate of drug-likeness (QED) is 0.249. The number of aromatic nitrogens is 2. The van der Waals surface area contributed by atoms with Crippen LogP contribution in [0.1, 0.15) is 59.7 Å². The fourth-order valence-corrected chi connectivity index (χ4v) is 4.55. The van der Waals surface area contributed by atoms with E-state index in [2.05, 4.69) is 4.90 Å². The highest BCUT2D eigenvalue weighted by Crippen LogP contribution is 2.45. The molecule has 1 aromatic heterocycles. The molecule has 1 heterocycles. The molecule has 0 spiro atoms. The number of esters is 3. The third kappa shape index (κ3) is 7.22. The molecule has 3 rings (SSSR count). The highest BCUT2D eigenvalue weighted by molar-refractivity contribution is 6.40. The molecule has 1 amide bonds. The van der Waals surface area contributed by atoms with Crippen LogP contribution >= 0.6 is 0 Å². The van der Waals surface area contributed by atoms with Gasteiger partial charge < -0.3 is 19.1 Å². The number of carbonyl (C=O) groups is 4. The Balaban J connectivity index is 2.43. The Bertz CT molecular complexity index is 1470. The predicted molar refractivity (Wildman–Crippen MR) is 163 cm³/mol. The third-order valence-electron chi connectivity index (χ3n) is 6.59. The van der Waals surface area contributed by atoms with Gasteiger partial charge in [-0.3, -0.25) is 9.69 Å². The van der Waals surface area contributed by atoms with Crippen molar-refractivity contribution in [3.63, 3.8) is 0 Å². The number of para-hydroxylation sites is 1. The van der Waals surface area contributed by atoms with E-state index in [1.165, 1.54) is 4.68 Å². The SMILES string of the molecule is CCOC(=O)C(=O)Oc1c(N(C(=O)C(=O)OCC)c2ccc(N(CC)CC)cc2C)c(C(C)(C)C)nn1-c1ccccc1. The zero-order valence-electron chi connectivity index (χ0n) is 26.1. The monoisotopic (exact) mass is 592 g/mol. The highest BCUT2D eigenvalue weighted by Gasteiger charge is 2.40. The van der Waals surface area contributed by atoms with Gasteiger partial charge in [0.2, 0.25) is 0 Å². The molecule has 0 saturated carbocycles. The lowest BCUT2D eigenvalue weighted by atomic mass is 9.90. The molecule has 0 atom stereocenters. The first-order valence-electron chi connectivity index (χ1n) is 14.3. The maximum absolute atomic E-state index is 14.0.